The molecule has 1 aliphatic heterocycles. The lowest BCUT2D eigenvalue weighted by molar-refractivity contribution is 0.527. The number of aliphatic imine (C=N–C) groups is 1. The first-order chi connectivity index (χ1) is 4.33. The lowest BCUT2D eigenvalue weighted by Crippen LogP contribution is -2.43. The molecule has 0 saturated carbocycles. The average molecular weight is 127 g/mol. The Morgan fingerprint density at radius 1 is 1.89 bits per heavy atom. The molecule has 0 aromatic heterocycles. The van der Waals surface area contributed by atoms with E-state index in [4.69, 9.17) is 5.73 Å². The summed E-state index contributed by atoms with van der Waals surface area (Å²) >= 11 is 0. The normalized spacial score (nSPS) is 26.8. The van der Waals surface area contributed by atoms with E-state index in [9.17, 15) is 0 Å². The summed E-state index contributed by atoms with van der Waals surface area (Å²) in [5.74, 6) is 0.605. The number of rotatable bonds is 1. The summed E-state index contributed by atoms with van der Waals surface area (Å²) in [4.78, 5) is 4.01. The smallest absolute Gasteiger partial charge is 0.188 e. The second-order valence-corrected chi connectivity index (χ2v) is 2.31. The van der Waals surface area contributed by atoms with E-state index in [1.54, 1.807) is 0 Å². The molecular formula is C6H13N3. The van der Waals surface area contributed by atoms with Crippen molar-refractivity contribution in [1.82, 2.24) is 5.32 Å². The number of hydrogen-bond donors (Lipinski definition) is 2. The molecule has 0 saturated heterocycles. The summed E-state index contributed by atoms with van der Waals surface area (Å²) < 4.78 is 0. The van der Waals surface area contributed by atoms with Crippen LogP contribution in [0.1, 0.15) is 19.8 Å². The Labute approximate surface area is 55.3 Å². The van der Waals surface area contributed by atoms with Gasteiger partial charge in [0.25, 0.3) is 0 Å². The maximum atomic E-state index is 5.44. The van der Waals surface area contributed by atoms with Crippen molar-refractivity contribution in [1.29, 1.82) is 0 Å². The monoisotopic (exact) mass is 127 g/mol. The van der Waals surface area contributed by atoms with Crippen molar-refractivity contribution in [3.05, 3.63) is 0 Å². The lowest BCUT2D eigenvalue weighted by Gasteiger charge is -2.20. The topological polar surface area (TPSA) is 50.4 Å². The van der Waals surface area contributed by atoms with E-state index in [1.165, 1.54) is 0 Å². The maximum Gasteiger partial charge on any atom is 0.188 e. The van der Waals surface area contributed by atoms with Crippen molar-refractivity contribution in [2.45, 2.75) is 25.8 Å². The molecule has 0 radical (unpaired) electrons. The molecule has 1 atom stereocenters. The van der Waals surface area contributed by atoms with Crippen LogP contribution in [0.15, 0.2) is 4.99 Å². The fourth-order valence-corrected chi connectivity index (χ4v) is 0.974. The van der Waals surface area contributed by atoms with Crippen LogP contribution in [0.5, 0.6) is 0 Å². The van der Waals surface area contributed by atoms with Gasteiger partial charge >= 0.3 is 0 Å². The molecular weight excluding hydrogens is 114 g/mol. The largest absolute Gasteiger partial charge is 0.370 e. The molecule has 3 heteroatoms. The van der Waals surface area contributed by atoms with E-state index in [0.717, 1.165) is 19.4 Å². The third kappa shape index (κ3) is 1.59. The maximum absolute atomic E-state index is 5.44. The number of nitrogens with two attached hydrogens (primary N) is 1. The highest BCUT2D eigenvalue weighted by Crippen LogP contribution is 2.00. The first-order valence-corrected chi connectivity index (χ1v) is 3.39. The van der Waals surface area contributed by atoms with Gasteiger partial charge in [0.1, 0.15) is 0 Å². The molecule has 0 aliphatic carbocycles. The molecule has 0 aromatic rings. The summed E-state index contributed by atoms with van der Waals surface area (Å²) in [5, 5.41) is 3.09. The average Bonchev–Trinajstić information content (AvgIpc) is 1.88. The zero-order valence-electron chi connectivity index (χ0n) is 5.72. The second kappa shape index (κ2) is 2.71. The first-order valence-electron chi connectivity index (χ1n) is 3.39. The van der Waals surface area contributed by atoms with Gasteiger partial charge in [-0.2, -0.15) is 0 Å². The predicted molar refractivity (Wildman–Crippen MR) is 38.3 cm³/mol. The van der Waals surface area contributed by atoms with Crippen LogP contribution in [0.3, 0.4) is 0 Å². The minimum atomic E-state index is 0.558. The molecule has 0 spiro atoms. The van der Waals surface area contributed by atoms with Crippen LogP contribution >= 0.6 is 0 Å². The van der Waals surface area contributed by atoms with Gasteiger partial charge in [-0.3, -0.25) is 4.99 Å². The van der Waals surface area contributed by atoms with Gasteiger partial charge in [0.15, 0.2) is 5.96 Å². The van der Waals surface area contributed by atoms with E-state index in [0.29, 0.717) is 12.0 Å². The summed E-state index contributed by atoms with van der Waals surface area (Å²) in [6.45, 7) is 3.04. The van der Waals surface area contributed by atoms with Gasteiger partial charge < -0.3 is 11.1 Å². The molecule has 1 heterocycles. The van der Waals surface area contributed by atoms with Gasteiger partial charge in [-0.1, -0.05) is 6.92 Å². The quantitative estimate of drug-likeness (QED) is 0.524. The van der Waals surface area contributed by atoms with E-state index in [2.05, 4.69) is 17.2 Å². The van der Waals surface area contributed by atoms with Crippen molar-refractivity contribution >= 4 is 5.96 Å². The highest BCUT2D eigenvalue weighted by atomic mass is 15.1. The van der Waals surface area contributed by atoms with Crippen LogP contribution in [0.25, 0.3) is 0 Å². The van der Waals surface area contributed by atoms with Crippen LogP contribution in [0.4, 0.5) is 0 Å². The standard InChI is InChI=1S/C6H13N3/c1-2-5-3-4-8-6(7)9-5/h5H,2-4H2,1H3,(H3,7,8,9). The molecule has 0 amide bonds. The Morgan fingerprint density at radius 2 is 2.67 bits per heavy atom. The van der Waals surface area contributed by atoms with E-state index < -0.39 is 0 Å². The van der Waals surface area contributed by atoms with Gasteiger partial charge in [-0.15, -0.1) is 0 Å². The van der Waals surface area contributed by atoms with Crippen LogP contribution in [-0.4, -0.2) is 18.5 Å². The molecule has 1 rings (SSSR count). The predicted octanol–water partition coefficient (Wildman–Crippen LogP) is 0.0730. The highest BCUT2D eigenvalue weighted by molar-refractivity contribution is 5.78. The zero-order chi connectivity index (χ0) is 6.69. The molecule has 9 heavy (non-hydrogen) atoms. The number of nitrogens with zero attached hydrogens (tertiary/aromatic N) is 1. The summed E-state index contributed by atoms with van der Waals surface area (Å²) in [5.41, 5.74) is 5.44. The van der Waals surface area contributed by atoms with E-state index >= 15 is 0 Å². The minimum Gasteiger partial charge on any atom is -0.370 e. The Morgan fingerprint density at radius 3 is 3.11 bits per heavy atom. The van der Waals surface area contributed by atoms with E-state index in [1.807, 2.05) is 0 Å². The summed E-state index contributed by atoms with van der Waals surface area (Å²) in [7, 11) is 0. The Bertz CT molecular complexity index is 119. The van der Waals surface area contributed by atoms with E-state index in [-0.39, 0.29) is 0 Å². The molecule has 1 aliphatic rings. The molecule has 0 fully saturated rings. The van der Waals surface area contributed by atoms with Crippen LogP contribution < -0.4 is 11.1 Å². The highest BCUT2D eigenvalue weighted by Gasteiger charge is 2.09. The van der Waals surface area contributed by atoms with Crippen molar-refractivity contribution in [3.8, 4) is 0 Å². The summed E-state index contributed by atoms with van der Waals surface area (Å²) in [6, 6.07) is 0.558. The van der Waals surface area contributed by atoms with Gasteiger partial charge in [-0.25, -0.2) is 0 Å². The first kappa shape index (κ1) is 6.39. The summed E-state index contributed by atoms with van der Waals surface area (Å²) in [6.07, 6.45) is 2.26. The van der Waals surface area contributed by atoms with Gasteiger partial charge in [0, 0.05) is 12.6 Å². The Balaban J connectivity index is 2.39. The second-order valence-electron chi connectivity index (χ2n) is 2.31. The number of nitrogens with one attached hydrogen (secondary N) is 1. The van der Waals surface area contributed by atoms with Crippen molar-refractivity contribution in [2.75, 3.05) is 6.54 Å². The van der Waals surface area contributed by atoms with Crippen molar-refractivity contribution in [2.24, 2.45) is 10.7 Å². The molecule has 52 valence electrons. The Hall–Kier alpha value is -0.730. The van der Waals surface area contributed by atoms with Crippen LogP contribution in [0, 0.1) is 0 Å². The van der Waals surface area contributed by atoms with Crippen LogP contribution in [0.2, 0.25) is 0 Å². The van der Waals surface area contributed by atoms with Crippen molar-refractivity contribution in [3.63, 3.8) is 0 Å². The van der Waals surface area contributed by atoms with Crippen molar-refractivity contribution < 1.29 is 0 Å². The van der Waals surface area contributed by atoms with Gasteiger partial charge in [0.05, 0.1) is 0 Å². The third-order valence-corrected chi connectivity index (χ3v) is 1.60. The SMILES string of the molecule is CCC1CCN=C(N)N1. The Kier molecular flexibility index (Phi) is 1.92. The fourth-order valence-electron chi connectivity index (χ4n) is 0.974. The number of hydrogen-bond acceptors (Lipinski definition) is 3. The number of guanidine groups is 1. The lowest BCUT2D eigenvalue weighted by atomic mass is 10.1. The van der Waals surface area contributed by atoms with Gasteiger partial charge in [-0.05, 0) is 12.8 Å². The fraction of sp³-hybridized carbons (Fsp3) is 0.833. The molecule has 0 bridgehead atoms. The zero-order valence-corrected chi connectivity index (χ0v) is 5.72. The molecule has 3 nitrogen and oxygen atoms in total. The van der Waals surface area contributed by atoms with Crippen LogP contribution in [-0.2, 0) is 0 Å². The van der Waals surface area contributed by atoms with Gasteiger partial charge in [0.2, 0.25) is 0 Å². The molecule has 0 aromatic carbocycles. The molecule has 3 N–H and O–H groups in total. The minimum absolute atomic E-state index is 0.558. The third-order valence-electron chi connectivity index (χ3n) is 1.60. The molecule has 1 unspecified atom stereocenters.